The van der Waals surface area contributed by atoms with Crippen molar-refractivity contribution in [2.75, 3.05) is 19.7 Å². The minimum Gasteiger partial charge on any atom is -0.477 e. The average Bonchev–Trinajstić information content (AvgIpc) is 2.52. The quantitative estimate of drug-likeness (QED) is 0.933. The van der Waals surface area contributed by atoms with Crippen molar-refractivity contribution >= 4 is 10.8 Å². The van der Waals surface area contributed by atoms with Gasteiger partial charge in [0, 0.05) is 11.6 Å². The normalized spacial score (nSPS) is 16.9. The summed E-state index contributed by atoms with van der Waals surface area (Å²) in [4.78, 5) is 4.48. The van der Waals surface area contributed by atoms with Crippen LogP contribution in [-0.4, -0.2) is 24.7 Å². The van der Waals surface area contributed by atoms with E-state index in [-0.39, 0.29) is 5.41 Å². The van der Waals surface area contributed by atoms with Gasteiger partial charge in [0.05, 0.1) is 6.61 Å². The predicted octanol–water partition coefficient (Wildman–Crippen LogP) is 3.91. The highest BCUT2D eigenvalue weighted by Crippen LogP contribution is 2.30. The molecule has 1 fully saturated rings. The molecule has 3 rings (SSSR count). The molecule has 0 bridgehead atoms. The van der Waals surface area contributed by atoms with Gasteiger partial charge in [0.2, 0.25) is 5.88 Å². The fourth-order valence-corrected chi connectivity index (χ4v) is 2.97. The van der Waals surface area contributed by atoms with Crippen molar-refractivity contribution < 1.29 is 4.74 Å². The summed E-state index contributed by atoms with van der Waals surface area (Å²) in [7, 11) is 0. The van der Waals surface area contributed by atoms with Gasteiger partial charge < -0.3 is 10.1 Å². The largest absolute Gasteiger partial charge is 0.477 e. The predicted molar refractivity (Wildman–Crippen MR) is 91.5 cm³/mol. The number of nitrogens with zero attached hydrogens (tertiary/aromatic N) is 1. The van der Waals surface area contributed by atoms with Crippen molar-refractivity contribution in [3.63, 3.8) is 0 Å². The Hall–Kier alpha value is -1.61. The van der Waals surface area contributed by atoms with Gasteiger partial charge in [-0.25, -0.2) is 4.98 Å². The lowest BCUT2D eigenvalue weighted by molar-refractivity contribution is 0.211. The van der Waals surface area contributed by atoms with Crippen LogP contribution in [0.5, 0.6) is 5.88 Å². The number of aromatic nitrogens is 1. The van der Waals surface area contributed by atoms with E-state index >= 15 is 0 Å². The van der Waals surface area contributed by atoms with Gasteiger partial charge in [-0.05, 0) is 60.3 Å². The maximum atomic E-state index is 6.09. The Morgan fingerprint density at radius 2 is 1.95 bits per heavy atom. The van der Waals surface area contributed by atoms with Crippen LogP contribution < -0.4 is 10.1 Å². The van der Waals surface area contributed by atoms with Crippen LogP contribution in [0.3, 0.4) is 0 Å². The van der Waals surface area contributed by atoms with E-state index in [1.165, 1.54) is 23.8 Å². The standard InChI is InChI=1S/C19H26N2O/c1-19(2,3)16-5-4-15-8-11-21-18(17(15)12-16)22-13-14-6-9-20-10-7-14/h4-5,8,11-12,14,20H,6-7,9-10,13H2,1-3H3. The molecule has 0 atom stereocenters. The Bertz CT molecular complexity index is 639. The molecule has 2 heterocycles. The summed E-state index contributed by atoms with van der Waals surface area (Å²) in [5.41, 5.74) is 1.45. The minimum absolute atomic E-state index is 0.135. The number of fused-ring (bicyclic) bond motifs is 1. The first-order chi connectivity index (χ1) is 10.5. The lowest BCUT2D eigenvalue weighted by atomic mass is 9.86. The lowest BCUT2D eigenvalue weighted by Crippen LogP contribution is -2.30. The van der Waals surface area contributed by atoms with Crippen molar-refractivity contribution in [3.8, 4) is 5.88 Å². The molecule has 1 aromatic heterocycles. The molecule has 0 radical (unpaired) electrons. The second kappa shape index (κ2) is 6.25. The first-order valence-corrected chi connectivity index (χ1v) is 8.27. The third-order valence-corrected chi connectivity index (χ3v) is 4.51. The molecule has 1 aliphatic rings. The van der Waals surface area contributed by atoms with Crippen LogP contribution in [0.2, 0.25) is 0 Å². The third-order valence-electron chi connectivity index (χ3n) is 4.51. The number of pyridine rings is 1. The van der Waals surface area contributed by atoms with E-state index < -0.39 is 0 Å². The highest BCUT2D eigenvalue weighted by atomic mass is 16.5. The topological polar surface area (TPSA) is 34.1 Å². The van der Waals surface area contributed by atoms with Gasteiger partial charge in [-0.15, -0.1) is 0 Å². The van der Waals surface area contributed by atoms with Crippen molar-refractivity contribution in [3.05, 3.63) is 36.0 Å². The molecular formula is C19H26N2O. The van der Waals surface area contributed by atoms with Crippen molar-refractivity contribution in [2.24, 2.45) is 5.92 Å². The van der Waals surface area contributed by atoms with E-state index in [9.17, 15) is 0 Å². The Morgan fingerprint density at radius 1 is 1.18 bits per heavy atom. The molecule has 3 nitrogen and oxygen atoms in total. The molecule has 118 valence electrons. The molecule has 3 heteroatoms. The summed E-state index contributed by atoms with van der Waals surface area (Å²) in [6.07, 6.45) is 4.23. The van der Waals surface area contributed by atoms with Gasteiger partial charge in [0.15, 0.2) is 0 Å². The van der Waals surface area contributed by atoms with Crippen LogP contribution in [0.4, 0.5) is 0 Å². The van der Waals surface area contributed by atoms with Gasteiger partial charge in [0.1, 0.15) is 0 Å². The number of ether oxygens (including phenoxy) is 1. The summed E-state index contributed by atoms with van der Waals surface area (Å²) < 4.78 is 6.09. The Morgan fingerprint density at radius 3 is 2.68 bits per heavy atom. The summed E-state index contributed by atoms with van der Waals surface area (Å²) in [6.45, 7) is 9.68. The van der Waals surface area contributed by atoms with Gasteiger partial charge in [-0.1, -0.05) is 32.9 Å². The third kappa shape index (κ3) is 3.41. The second-order valence-electron chi connectivity index (χ2n) is 7.31. The van der Waals surface area contributed by atoms with Gasteiger partial charge in [-0.3, -0.25) is 0 Å². The Kier molecular flexibility index (Phi) is 4.34. The monoisotopic (exact) mass is 298 g/mol. The van der Waals surface area contributed by atoms with Crippen LogP contribution in [0.15, 0.2) is 30.5 Å². The molecule has 1 aliphatic heterocycles. The number of nitrogens with one attached hydrogen (secondary N) is 1. The van der Waals surface area contributed by atoms with Crippen LogP contribution in [0, 0.1) is 5.92 Å². The maximum Gasteiger partial charge on any atom is 0.221 e. The fourth-order valence-electron chi connectivity index (χ4n) is 2.97. The number of hydrogen-bond donors (Lipinski definition) is 1. The molecule has 1 aromatic carbocycles. The molecule has 1 N–H and O–H groups in total. The second-order valence-corrected chi connectivity index (χ2v) is 7.31. The Balaban J connectivity index is 1.84. The lowest BCUT2D eigenvalue weighted by Gasteiger charge is -2.23. The minimum atomic E-state index is 0.135. The van der Waals surface area contributed by atoms with Crippen molar-refractivity contribution in [1.82, 2.24) is 10.3 Å². The number of rotatable bonds is 3. The number of hydrogen-bond acceptors (Lipinski definition) is 3. The van der Waals surface area contributed by atoms with Gasteiger partial charge in [-0.2, -0.15) is 0 Å². The zero-order valence-corrected chi connectivity index (χ0v) is 13.9. The molecule has 2 aromatic rings. The highest BCUT2D eigenvalue weighted by Gasteiger charge is 2.17. The van der Waals surface area contributed by atoms with E-state index in [4.69, 9.17) is 4.74 Å². The van der Waals surface area contributed by atoms with Gasteiger partial charge in [0.25, 0.3) is 0 Å². The zero-order chi connectivity index (χ0) is 15.6. The van der Waals surface area contributed by atoms with Gasteiger partial charge >= 0.3 is 0 Å². The summed E-state index contributed by atoms with van der Waals surface area (Å²) in [5.74, 6) is 1.42. The molecule has 0 amide bonds. The summed E-state index contributed by atoms with van der Waals surface area (Å²) in [6, 6.07) is 8.67. The van der Waals surface area contributed by atoms with E-state index in [0.29, 0.717) is 5.92 Å². The van der Waals surface area contributed by atoms with E-state index in [2.05, 4.69) is 55.3 Å². The van der Waals surface area contributed by atoms with E-state index in [0.717, 1.165) is 31.0 Å². The zero-order valence-electron chi connectivity index (χ0n) is 13.9. The van der Waals surface area contributed by atoms with Crippen molar-refractivity contribution in [1.29, 1.82) is 0 Å². The van der Waals surface area contributed by atoms with Crippen LogP contribution in [0.25, 0.3) is 10.8 Å². The first-order valence-electron chi connectivity index (χ1n) is 8.27. The molecule has 0 spiro atoms. The Labute approximate surface area is 133 Å². The molecular weight excluding hydrogens is 272 g/mol. The molecule has 0 unspecified atom stereocenters. The van der Waals surface area contributed by atoms with Crippen LogP contribution in [0.1, 0.15) is 39.2 Å². The summed E-state index contributed by atoms with van der Waals surface area (Å²) in [5, 5.41) is 5.72. The van der Waals surface area contributed by atoms with Crippen LogP contribution >= 0.6 is 0 Å². The summed E-state index contributed by atoms with van der Waals surface area (Å²) >= 11 is 0. The van der Waals surface area contributed by atoms with E-state index in [1.807, 2.05) is 6.20 Å². The molecule has 1 saturated heterocycles. The molecule has 0 aliphatic carbocycles. The SMILES string of the molecule is CC(C)(C)c1ccc2ccnc(OCC3CCNCC3)c2c1. The number of piperidine rings is 1. The number of benzene rings is 1. The van der Waals surface area contributed by atoms with E-state index in [1.54, 1.807) is 0 Å². The molecule has 22 heavy (non-hydrogen) atoms. The first kappa shape index (κ1) is 15.3. The van der Waals surface area contributed by atoms with Crippen LogP contribution in [-0.2, 0) is 5.41 Å². The maximum absolute atomic E-state index is 6.09. The molecule has 0 saturated carbocycles. The van der Waals surface area contributed by atoms with Crippen molar-refractivity contribution in [2.45, 2.75) is 39.0 Å². The smallest absolute Gasteiger partial charge is 0.221 e. The average molecular weight is 298 g/mol. The highest BCUT2D eigenvalue weighted by molar-refractivity contribution is 5.87. The fraction of sp³-hybridized carbons (Fsp3) is 0.526.